The summed E-state index contributed by atoms with van der Waals surface area (Å²) in [5.74, 6) is 0.950. The van der Waals surface area contributed by atoms with Gasteiger partial charge >= 0.3 is 0 Å². The molecular formula is C25H27N5O2. The Morgan fingerprint density at radius 2 is 1.59 bits per heavy atom. The van der Waals surface area contributed by atoms with Crippen LogP contribution in [0.5, 0.6) is 11.5 Å². The van der Waals surface area contributed by atoms with Crippen LogP contribution in [0.2, 0.25) is 0 Å². The molecule has 0 bridgehead atoms. The number of amides is 1. The number of likely N-dealkylation sites (N-methyl/N-ethyl adjacent to an activating group) is 1. The average molecular weight is 430 g/mol. The zero-order valence-electron chi connectivity index (χ0n) is 18.1. The monoisotopic (exact) mass is 429 g/mol. The molecule has 0 radical (unpaired) electrons. The maximum Gasteiger partial charge on any atom is 0.278 e. The molecule has 0 atom stereocenters. The number of aliphatic imine (C=N–C) groups is 1. The van der Waals surface area contributed by atoms with E-state index in [-0.39, 0.29) is 5.84 Å². The molecule has 3 aromatic rings. The number of carbonyl (C=O) groups is 1. The minimum absolute atomic E-state index is 0.0712. The molecule has 32 heavy (non-hydrogen) atoms. The van der Waals surface area contributed by atoms with E-state index < -0.39 is 5.91 Å². The second-order valence-electron chi connectivity index (χ2n) is 7.80. The number of ether oxygens (including phenoxy) is 1. The highest BCUT2D eigenvalue weighted by Gasteiger charge is 2.15. The average Bonchev–Trinajstić information content (AvgIpc) is 2.80. The summed E-state index contributed by atoms with van der Waals surface area (Å²) in [6, 6.07) is 22.0. The fourth-order valence-electron chi connectivity index (χ4n) is 3.58. The molecule has 0 aliphatic carbocycles. The van der Waals surface area contributed by atoms with Gasteiger partial charge in [-0.2, -0.15) is 4.99 Å². The number of hydrogen-bond donors (Lipinski definition) is 2. The third kappa shape index (κ3) is 5.07. The number of anilines is 2. The van der Waals surface area contributed by atoms with Crippen LogP contribution in [-0.2, 0) is 0 Å². The number of nitrogens with two attached hydrogens (primary N) is 2. The highest BCUT2D eigenvalue weighted by atomic mass is 16.5. The number of amidine groups is 1. The van der Waals surface area contributed by atoms with E-state index in [9.17, 15) is 4.79 Å². The van der Waals surface area contributed by atoms with Crippen molar-refractivity contribution in [2.24, 2.45) is 10.7 Å². The number of para-hydroxylation sites is 1. The number of piperazine rings is 1. The first kappa shape index (κ1) is 21.4. The molecule has 1 heterocycles. The number of hydrogen-bond acceptors (Lipinski definition) is 5. The quantitative estimate of drug-likeness (QED) is 0.367. The summed E-state index contributed by atoms with van der Waals surface area (Å²) >= 11 is 0. The normalized spacial score (nSPS) is 14.9. The van der Waals surface area contributed by atoms with Gasteiger partial charge in [0.05, 0.1) is 0 Å². The molecule has 1 amide bonds. The van der Waals surface area contributed by atoms with E-state index in [0.29, 0.717) is 28.3 Å². The van der Waals surface area contributed by atoms with Gasteiger partial charge < -0.3 is 26.0 Å². The zero-order chi connectivity index (χ0) is 22.5. The molecule has 1 aliphatic rings. The Balaban J connectivity index is 1.44. The van der Waals surface area contributed by atoms with Gasteiger partial charge in [0, 0.05) is 54.7 Å². The summed E-state index contributed by atoms with van der Waals surface area (Å²) in [4.78, 5) is 21.3. The van der Waals surface area contributed by atoms with Gasteiger partial charge in [0.2, 0.25) is 0 Å². The zero-order valence-corrected chi connectivity index (χ0v) is 18.1. The third-order valence-corrected chi connectivity index (χ3v) is 5.48. The van der Waals surface area contributed by atoms with E-state index in [0.717, 1.165) is 31.9 Å². The lowest BCUT2D eigenvalue weighted by Gasteiger charge is -2.34. The van der Waals surface area contributed by atoms with Crippen LogP contribution in [0.15, 0.2) is 77.8 Å². The lowest BCUT2D eigenvalue weighted by atomic mass is 10.1. The fourth-order valence-corrected chi connectivity index (χ4v) is 3.58. The van der Waals surface area contributed by atoms with Crippen LogP contribution >= 0.6 is 0 Å². The van der Waals surface area contributed by atoms with Crippen molar-refractivity contribution in [2.45, 2.75) is 0 Å². The van der Waals surface area contributed by atoms with Crippen molar-refractivity contribution < 1.29 is 9.53 Å². The first-order valence-corrected chi connectivity index (χ1v) is 10.5. The standard InChI is InChI=1S/C25H27N5O2/c1-29-13-15-30(16-14-29)19-9-7-18(8-10-19)25(31)28-24(27)22-12-11-21(17-23(22)26)32-20-5-3-2-4-6-20/h2-12,17H,13-16,26H2,1H3,(H2,27,28,31). The Labute approximate surface area is 187 Å². The summed E-state index contributed by atoms with van der Waals surface area (Å²) < 4.78 is 5.78. The molecule has 0 unspecified atom stereocenters. The van der Waals surface area contributed by atoms with Crippen molar-refractivity contribution in [3.63, 3.8) is 0 Å². The Morgan fingerprint density at radius 3 is 2.25 bits per heavy atom. The highest BCUT2D eigenvalue weighted by molar-refractivity contribution is 6.11. The molecule has 3 aromatic carbocycles. The van der Waals surface area contributed by atoms with Crippen LogP contribution in [0.1, 0.15) is 15.9 Å². The fraction of sp³-hybridized carbons (Fsp3) is 0.200. The van der Waals surface area contributed by atoms with Crippen molar-refractivity contribution in [1.82, 2.24) is 4.90 Å². The van der Waals surface area contributed by atoms with Gasteiger partial charge in [-0.15, -0.1) is 0 Å². The third-order valence-electron chi connectivity index (χ3n) is 5.48. The Kier molecular flexibility index (Phi) is 6.37. The van der Waals surface area contributed by atoms with Gasteiger partial charge in [0.1, 0.15) is 17.3 Å². The molecule has 1 aliphatic heterocycles. The van der Waals surface area contributed by atoms with Gasteiger partial charge in [-0.3, -0.25) is 4.79 Å². The van der Waals surface area contributed by atoms with Crippen molar-refractivity contribution in [3.8, 4) is 11.5 Å². The Hall–Kier alpha value is -3.84. The number of benzene rings is 3. The van der Waals surface area contributed by atoms with E-state index in [1.54, 1.807) is 30.3 Å². The molecule has 0 saturated carbocycles. The first-order chi connectivity index (χ1) is 15.5. The molecule has 4 N–H and O–H groups in total. The minimum atomic E-state index is -0.406. The van der Waals surface area contributed by atoms with Crippen LogP contribution in [0, 0.1) is 0 Å². The molecule has 1 saturated heterocycles. The number of nitrogens with zero attached hydrogens (tertiary/aromatic N) is 3. The first-order valence-electron chi connectivity index (χ1n) is 10.5. The van der Waals surface area contributed by atoms with E-state index >= 15 is 0 Å². The molecule has 1 fully saturated rings. The lowest BCUT2D eigenvalue weighted by Crippen LogP contribution is -2.44. The molecule has 164 valence electrons. The molecule has 7 nitrogen and oxygen atoms in total. The summed E-state index contributed by atoms with van der Waals surface area (Å²) in [5.41, 5.74) is 14.7. The van der Waals surface area contributed by atoms with Crippen LogP contribution in [-0.4, -0.2) is 49.9 Å². The van der Waals surface area contributed by atoms with Gasteiger partial charge in [-0.25, -0.2) is 0 Å². The van der Waals surface area contributed by atoms with E-state index in [2.05, 4.69) is 21.8 Å². The van der Waals surface area contributed by atoms with Crippen LogP contribution in [0.3, 0.4) is 0 Å². The molecule has 0 aromatic heterocycles. The Morgan fingerprint density at radius 1 is 0.906 bits per heavy atom. The van der Waals surface area contributed by atoms with Crippen molar-refractivity contribution in [3.05, 3.63) is 83.9 Å². The SMILES string of the molecule is CN1CCN(c2ccc(C(=O)N=C(N)c3ccc(Oc4ccccc4)cc3N)cc2)CC1. The summed E-state index contributed by atoms with van der Waals surface area (Å²) in [6.07, 6.45) is 0. The second kappa shape index (κ2) is 9.53. The summed E-state index contributed by atoms with van der Waals surface area (Å²) in [6.45, 7) is 3.99. The topological polar surface area (TPSA) is 97.2 Å². The number of rotatable bonds is 5. The predicted octanol–water partition coefficient (Wildman–Crippen LogP) is 3.36. The van der Waals surface area contributed by atoms with Crippen LogP contribution in [0.4, 0.5) is 11.4 Å². The van der Waals surface area contributed by atoms with Crippen molar-refractivity contribution in [1.29, 1.82) is 0 Å². The van der Waals surface area contributed by atoms with Gasteiger partial charge in [0.15, 0.2) is 0 Å². The van der Waals surface area contributed by atoms with E-state index in [4.69, 9.17) is 16.2 Å². The van der Waals surface area contributed by atoms with Gasteiger partial charge in [0.25, 0.3) is 5.91 Å². The van der Waals surface area contributed by atoms with Crippen LogP contribution < -0.4 is 21.1 Å². The second-order valence-corrected chi connectivity index (χ2v) is 7.80. The summed E-state index contributed by atoms with van der Waals surface area (Å²) in [7, 11) is 2.12. The molecular weight excluding hydrogens is 402 g/mol. The molecule has 7 heteroatoms. The minimum Gasteiger partial charge on any atom is -0.457 e. The van der Waals surface area contributed by atoms with E-state index in [1.165, 1.54) is 0 Å². The van der Waals surface area contributed by atoms with E-state index in [1.807, 2.05) is 42.5 Å². The maximum absolute atomic E-state index is 12.6. The highest BCUT2D eigenvalue weighted by Crippen LogP contribution is 2.25. The van der Waals surface area contributed by atoms with Gasteiger partial charge in [-0.05, 0) is 55.6 Å². The predicted molar refractivity (Wildman–Crippen MR) is 129 cm³/mol. The van der Waals surface area contributed by atoms with Crippen LogP contribution in [0.25, 0.3) is 0 Å². The smallest absolute Gasteiger partial charge is 0.278 e. The molecule has 4 rings (SSSR count). The maximum atomic E-state index is 12.6. The van der Waals surface area contributed by atoms with Crippen molar-refractivity contribution in [2.75, 3.05) is 43.9 Å². The molecule has 0 spiro atoms. The van der Waals surface area contributed by atoms with Gasteiger partial charge in [-0.1, -0.05) is 18.2 Å². The number of nitrogen functional groups attached to an aromatic ring is 1. The van der Waals surface area contributed by atoms with Crippen molar-refractivity contribution >= 4 is 23.1 Å². The number of carbonyl (C=O) groups excluding carboxylic acids is 1. The Bertz CT molecular complexity index is 1100. The largest absolute Gasteiger partial charge is 0.457 e. The summed E-state index contributed by atoms with van der Waals surface area (Å²) in [5, 5.41) is 0. The lowest BCUT2D eigenvalue weighted by molar-refractivity contribution is 0.100.